The van der Waals surface area contributed by atoms with Crippen LogP contribution in [0, 0.1) is 6.92 Å². The Labute approximate surface area is 120 Å². The Morgan fingerprint density at radius 3 is 2.35 bits per heavy atom. The fourth-order valence-electron chi connectivity index (χ4n) is 1.61. The van der Waals surface area contributed by atoms with Gasteiger partial charge in [0.25, 0.3) is 0 Å². The van der Waals surface area contributed by atoms with E-state index in [-0.39, 0.29) is 31.4 Å². The summed E-state index contributed by atoms with van der Waals surface area (Å²) < 4.78 is 10.1. The highest BCUT2D eigenvalue weighted by molar-refractivity contribution is 5.77. The molecule has 0 heterocycles. The quantitative estimate of drug-likeness (QED) is 0.541. The van der Waals surface area contributed by atoms with E-state index >= 15 is 0 Å². The zero-order valence-corrected chi connectivity index (χ0v) is 12.2. The van der Waals surface area contributed by atoms with Gasteiger partial charge in [-0.3, -0.25) is 9.59 Å². The van der Waals surface area contributed by atoms with Crippen molar-refractivity contribution in [1.29, 1.82) is 0 Å². The van der Waals surface area contributed by atoms with Crippen LogP contribution in [0.15, 0.2) is 24.3 Å². The maximum Gasteiger partial charge on any atom is 0.306 e. The second-order valence-corrected chi connectivity index (χ2v) is 4.66. The van der Waals surface area contributed by atoms with Crippen LogP contribution in [0.1, 0.15) is 43.7 Å². The fraction of sp³-hybridized carbons (Fsp3) is 0.500. The first-order valence-corrected chi connectivity index (χ1v) is 6.99. The largest absolute Gasteiger partial charge is 0.466 e. The molecule has 0 saturated heterocycles. The van der Waals surface area contributed by atoms with E-state index in [1.54, 1.807) is 0 Å². The van der Waals surface area contributed by atoms with Crippen molar-refractivity contribution in [2.24, 2.45) is 0 Å². The van der Waals surface area contributed by atoms with E-state index in [0.717, 1.165) is 24.0 Å². The first-order chi connectivity index (χ1) is 9.63. The van der Waals surface area contributed by atoms with Gasteiger partial charge in [-0.25, -0.2) is 0 Å². The summed E-state index contributed by atoms with van der Waals surface area (Å²) in [6.45, 7) is 4.66. The molecule has 110 valence electrons. The van der Waals surface area contributed by atoms with Gasteiger partial charge in [0.05, 0.1) is 19.4 Å². The van der Waals surface area contributed by atoms with Crippen molar-refractivity contribution in [3.63, 3.8) is 0 Å². The molecule has 1 aromatic carbocycles. The van der Waals surface area contributed by atoms with Gasteiger partial charge in [0, 0.05) is 0 Å². The number of aryl methyl sites for hydroxylation is 1. The van der Waals surface area contributed by atoms with Crippen molar-refractivity contribution in [2.75, 3.05) is 6.61 Å². The van der Waals surface area contributed by atoms with E-state index in [2.05, 4.69) is 0 Å². The molecule has 0 atom stereocenters. The van der Waals surface area contributed by atoms with Crippen molar-refractivity contribution < 1.29 is 19.1 Å². The molecule has 0 amide bonds. The third kappa shape index (κ3) is 6.36. The number of carbonyl (C=O) groups is 2. The van der Waals surface area contributed by atoms with Crippen LogP contribution in [0.25, 0.3) is 0 Å². The Kier molecular flexibility index (Phi) is 7.40. The molecule has 0 N–H and O–H groups in total. The molecule has 0 aliphatic rings. The Morgan fingerprint density at radius 2 is 1.70 bits per heavy atom. The van der Waals surface area contributed by atoms with Gasteiger partial charge in [-0.1, -0.05) is 37.6 Å². The molecular weight excluding hydrogens is 256 g/mol. The minimum absolute atomic E-state index is 0.0663. The average Bonchev–Trinajstić information content (AvgIpc) is 2.44. The highest BCUT2D eigenvalue weighted by Gasteiger charge is 2.09. The summed E-state index contributed by atoms with van der Waals surface area (Å²) in [5.74, 6) is -0.716. The highest BCUT2D eigenvalue weighted by atomic mass is 16.5. The lowest BCUT2D eigenvalue weighted by atomic mass is 10.1. The number of rotatable bonds is 8. The zero-order valence-electron chi connectivity index (χ0n) is 12.2. The first kappa shape index (κ1) is 16.2. The molecule has 0 unspecified atom stereocenters. The minimum Gasteiger partial charge on any atom is -0.466 e. The third-order valence-electron chi connectivity index (χ3n) is 2.94. The number of ether oxygens (including phenoxy) is 2. The van der Waals surface area contributed by atoms with Crippen LogP contribution in [0.2, 0.25) is 0 Å². The van der Waals surface area contributed by atoms with Gasteiger partial charge in [-0.05, 0) is 24.5 Å². The molecule has 1 aromatic rings. The first-order valence-electron chi connectivity index (χ1n) is 6.99. The molecular formula is C16H22O4. The van der Waals surface area contributed by atoms with Crippen molar-refractivity contribution >= 4 is 11.9 Å². The van der Waals surface area contributed by atoms with Crippen LogP contribution in [-0.2, 0) is 25.7 Å². The predicted octanol–water partition coefficient (Wildman–Crippen LogP) is 3.16. The molecule has 0 aliphatic heterocycles. The fourth-order valence-corrected chi connectivity index (χ4v) is 1.61. The number of esters is 2. The van der Waals surface area contributed by atoms with Crippen LogP contribution in [0.5, 0.6) is 0 Å². The highest BCUT2D eigenvalue weighted by Crippen LogP contribution is 2.09. The summed E-state index contributed by atoms with van der Waals surface area (Å²) in [5, 5.41) is 0. The smallest absolute Gasteiger partial charge is 0.306 e. The molecule has 4 heteroatoms. The summed E-state index contributed by atoms with van der Waals surface area (Å²) in [6.07, 6.45) is 1.97. The molecule has 0 aromatic heterocycles. The molecule has 0 saturated carbocycles. The summed E-state index contributed by atoms with van der Waals surface area (Å²) in [6, 6.07) is 7.73. The SMILES string of the molecule is CCCCOC(=O)CCC(=O)OCc1ccccc1C. The lowest BCUT2D eigenvalue weighted by molar-refractivity contribution is -0.151. The zero-order chi connectivity index (χ0) is 14.8. The number of unbranched alkanes of at least 4 members (excludes halogenated alkanes) is 1. The Balaban J connectivity index is 2.21. The molecule has 4 nitrogen and oxygen atoms in total. The summed E-state index contributed by atoms with van der Waals surface area (Å²) in [7, 11) is 0. The van der Waals surface area contributed by atoms with Crippen LogP contribution >= 0.6 is 0 Å². The lowest BCUT2D eigenvalue weighted by Crippen LogP contribution is -2.11. The third-order valence-corrected chi connectivity index (χ3v) is 2.94. The maximum atomic E-state index is 11.5. The second kappa shape index (κ2) is 9.13. The predicted molar refractivity (Wildman–Crippen MR) is 76.1 cm³/mol. The number of hydrogen-bond donors (Lipinski definition) is 0. The van der Waals surface area contributed by atoms with E-state index in [9.17, 15) is 9.59 Å². The Bertz CT molecular complexity index is 440. The van der Waals surface area contributed by atoms with Crippen LogP contribution in [0.4, 0.5) is 0 Å². The molecule has 0 radical (unpaired) electrons. The molecule has 0 bridgehead atoms. The normalized spacial score (nSPS) is 10.1. The summed E-state index contributed by atoms with van der Waals surface area (Å²) in [4.78, 5) is 22.9. The molecule has 0 aliphatic carbocycles. The van der Waals surface area contributed by atoms with E-state index in [1.165, 1.54) is 0 Å². The van der Waals surface area contributed by atoms with Gasteiger partial charge >= 0.3 is 11.9 Å². The van der Waals surface area contributed by atoms with Crippen molar-refractivity contribution in [3.8, 4) is 0 Å². The van der Waals surface area contributed by atoms with Crippen molar-refractivity contribution in [1.82, 2.24) is 0 Å². The topological polar surface area (TPSA) is 52.6 Å². The molecule has 0 spiro atoms. The lowest BCUT2D eigenvalue weighted by Gasteiger charge is -2.07. The van der Waals surface area contributed by atoms with Crippen LogP contribution in [-0.4, -0.2) is 18.5 Å². The van der Waals surface area contributed by atoms with Gasteiger partial charge in [0.2, 0.25) is 0 Å². The standard InChI is InChI=1S/C16H22O4/c1-3-4-11-19-15(17)9-10-16(18)20-12-14-8-6-5-7-13(14)2/h5-8H,3-4,9-12H2,1-2H3. The average molecular weight is 278 g/mol. The number of carbonyl (C=O) groups excluding carboxylic acids is 2. The second-order valence-electron chi connectivity index (χ2n) is 4.66. The van der Waals surface area contributed by atoms with Gasteiger partial charge in [0.15, 0.2) is 0 Å². The van der Waals surface area contributed by atoms with Gasteiger partial charge < -0.3 is 9.47 Å². The maximum absolute atomic E-state index is 11.5. The Morgan fingerprint density at radius 1 is 1.05 bits per heavy atom. The molecule has 0 fully saturated rings. The van der Waals surface area contributed by atoms with Gasteiger partial charge in [-0.2, -0.15) is 0 Å². The minimum atomic E-state index is -0.374. The number of benzene rings is 1. The summed E-state index contributed by atoms with van der Waals surface area (Å²) >= 11 is 0. The Hall–Kier alpha value is -1.84. The van der Waals surface area contributed by atoms with Crippen LogP contribution < -0.4 is 0 Å². The molecule has 1 rings (SSSR count). The summed E-state index contributed by atoms with van der Waals surface area (Å²) in [5.41, 5.74) is 2.06. The monoisotopic (exact) mass is 278 g/mol. The van der Waals surface area contributed by atoms with Crippen LogP contribution in [0.3, 0.4) is 0 Å². The van der Waals surface area contributed by atoms with E-state index in [0.29, 0.717) is 6.61 Å². The van der Waals surface area contributed by atoms with E-state index < -0.39 is 0 Å². The van der Waals surface area contributed by atoms with Crippen molar-refractivity contribution in [3.05, 3.63) is 35.4 Å². The van der Waals surface area contributed by atoms with Crippen molar-refractivity contribution in [2.45, 2.75) is 46.1 Å². The number of hydrogen-bond acceptors (Lipinski definition) is 4. The van der Waals surface area contributed by atoms with Gasteiger partial charge in [0.1, 0.15) is 6.61 Å². The molecule has 20 heavy (non-hydrogen) atoms. The van der Waals surface area contributed by atoms with E-state index in [4.69, 9.17) is 9.47 Å². The van der Waals surface area contributed by atoms with Gasteiger partial charge in [-0.15, -0.1) is 0 Å². The van der Waals surface area contributed by atoms with E-state index in [1.807, 2.05) is 38.1 Å².